The number of alkyl halides is 4. The molecule has 11 heteroatoms. The zero-order chi connectivity index (χ0) is 16.1. The summed E-state index contributed by atoms with van der Waals surface area (Å²) < 4.78 is 65.2. The number of rotatable bonds is 2. The lowest BCUT2D eigenvalue weighted by atomic mass is 10.1. The molecule has 1 aromatic heterocycles. The van der Waals surface area contributed by atoms with Crippen molar-refractivity contribution in [1.82, 2.24) is 10.1 Å². The maximum absolute atomic E-state index is 13.2. The Bertz CT molecular complexity index is 737. The Labute approximate surface area is 124 Å². The minimum absolute atomic E-state index is 0.0356. The Morgan fingerprint density at radius 1 is 1.09 bits per heavy atom. The molecule has 0 aliphatic carbocycles. The van der Waals surface area contributed by atoms with Gasteiger partial charge in [-0.15, -0.1) is 0 Å². The fourth-order valence-electron chi connectivity index (χ4n) is 1.71. The minimum Gasteiger partial charge on any atom is -0.421 e. The highest BCUT2D eigenvalue weighted by molar-refractivity contribution is 6.33. The first-order valence-corrected chi connectivity index (χ1v) is 6.11. The Morgan fingerprint density at radius 3 is 2.23 bits per heavy atom. The van der Waals surface area contributed by atoms with Crippen molar-refractivity contribution >= 4 is 11.6 Å². The molecule has 0 atom stereocenters. The molecule has 2 N–H and O–H groups in total. The molecule has 0 saturated heterocycles. The van der Waals surface area contributed by atoms with Crippen LogP contribution in [0.5, 0.6) is 11.5 Å². The molecule has 1 aliphatic heterocycles. The lowest BCUT2D eigenvalue weighted by Crippen LogP contribution is -2.52. The molecule has 2 heterocycles. The Hall–Kier alpha value is -2.07. The van der Waals surface area contributed by atoms with Gasteiger partial charge in [-0.3, -0.25) is 0 Å². The molecule has 3 rings (SSSR count). The summed E-state index contributed by atoms with van der Waals surface area (Å²) in [5.41, 5.74) is 5.33. The monoisotopic (exact) mass is 339 g/mol. The van der Waals surface area contributed by atoms with Crippen molar-refractivity contribution in [2.75, 3.05) is 0 Å². The number of hydrogen-bond donors (Lipinski definition) is 1. The summed E-state index contributed by atoms with van der Waals surface area (Å²) in [6.45, 7) is -0.0422. The van der Waals surface area contributed by atoms with Gasteiger partial charge < -0.3 is 19.7 Å². The van der Waals surface area contributed by atoms with Crippen LogP contribution in [0, 0.1) is 0 Å². The molecule has 2 aromatic rings. The summed E-state index contributed by atoms with van der Waals surface area (Å²) in [7, 11) is 0. The van der Waals surface area contributed by atoms with Gasteiger partial charge in [0.05, 0.1) is 11.6 Å². The number of nitrogens with two attached hydrogens (primary N) is 1. The van der Waals surface area contributed by atoms with Gasteiger partial charge in [0.1, 0.15) is 0 Å². The van der Waals surface area contributed by atoms with Crippen molar-refractivity contribution in [3.63, 3.8) is 0 Å². The number of hydrogen-bond acceptors (Lipinski definition) is 6. The maximum atomic E-state index is 13.2. The Morgan fingerprint density at radius 2 is 1.68 bits per heavy atom. The van der Waals surface area contributed by atoms with Gasteiger partial charge in [0, 0.05) is 11.6 Å². The number of benzene rings is 1. The second-order valence-electron chi connectivity index (χ2n) is 4.23. The van der Waals surface area contributed by atoms with E-state index in [2.05, 4.69) is 19.6 Å². The van der Waals surface area contributed by atoms with Crippen LogP contribution in [0.25, 0.3) is 11.4 Å². The van der Waals surface area contributed by atoms with E-state index in [1.165, 1.54) is 0 Å². The summed E-state index contributed by atoms with van der Waals surface area (Å²) in [5, 5.41) is 3.43. The molecule has 1 aromatic carbocycles. The molecule has 0 saturated carbocycles. The van der Waals surface area contributed by atoms with Crippen molar-refractivity contribution in [2.24, 2.45) is 5.73 Å². The van der Waals surface area contributed by atoms with E-state index in [0.29, 0.717) is 0 Å². The first-order valence-electron chi connectivity index (χ1n) is 5.74. The minimum atomic E-state index is -4.83. The predicted octanol–water partition coefficient (Wildman–Crippen LogP) is 2.81. The standard InChI is InChI=1S/C11H6ClF4N3O3/c12-5-2-7-6(20-10(13,14)11(15,16)21-7)1-4(5)9-18-8(3-17)22-19-9/h1-2H,3,17H2. The smallest absolute Gasteiger partial charge is 0.421 e. The van der Waals surface area contributed by atoms with Crippen LogP contribution in [0.1, 0.15) is 5.89 Å². The van der Waals surface area contributed by atoms with Crippen LogP contribution < -0.4 is 15.2 Å². The average molecular weight is 340 g/mol. The van der Waals surface area contributed by atoms with Gasteiger partial charge >= 0.3 is 12.2 Å². The quantitative estimate of drug-likeness (QED) is 0.847. The first-order chi connectivity index (χ1) is 10.2. The molecule has 0 bridgehead atoms. The second-order valence-corrected chi connectivity index (χ2v) is 4.64. The molecule has 0 amide bonds. The third-order valence-corrected chi connectivity index (χ3v) is 3.04. The van der Waals surface area contributed by atoms with E-state index in [-0.39, 0.29) is 28.8 Å². The summed E-state index contributed by atoms with van der Waals surface area (Å²) in [6.07, 6.45) is -9.64. The number of fused-ring (bicyclic) bond motifs is 1. The van der Waals surface area contributed by atoms with Gasteiger partial charge in [-0.05, 0) is 6.07 Å². The molecule has 0 spiro atoms. The number of nitrogens with zero attached hydrogens (tertiary/aromatic N) is 2. The summed E-state index contributed by atoms with van der Waals surface area (Å²) >= 11 is 5.89. The lowest BCUT2D eigenvalue weighted by molar-refractivity contribution is -0.391. The molecule has 22 heavy (non-hydrogen) atoms. The van der Waals surface area contributed by atoms with E-state index in [1.807, 2.05) is 0 Å². The van der Waals surface area contributed by atoms with Crippen LogP contribution in [0.2, 0.25) is 5.02 Å². The third kappa shape index (κ3) is 2.24. The van der Waals surface area contributed by atoms with Crippen LogP contribution in [0.3, 0.4) is 0 Å². The van der Waals surface area contributed by atoms with Crippen LogP contribution in [0.4, 0.5) is 17.6 Å². The SMILES string of the molecule is NCc1nc(-c2cc3c(cc2Cl)OC(F)(F)C(F)(F)O3)no1. The van der Waals surface area contributed by atoms with Crippen LogP contribution in [-0.4, -0.2) is 22.4 Å². The second kappa shape index (κ2) is 4.71. The number of aromatic nitrogens is 2. The zero-order valence-corrected chi connectivity index (χ0v) is 11.2. The van der Waals surface area contributed by atoms with Gasteiger partial charge in [-0.25, -0.2) is 0 Å². The highest BCUT2D eigenvalue weighted by Gasteiger charge is 2.66. The summed E-state index contributed by atoms with van der Waals surface area (Å²) in [4.78, 5) is 3.85. The highest BCUT2D eigenvalue weighted by Crippen LogP contribution is 2.49. The zero-order valence-electron chi connectivity index (χ0n) is 10.4. The molecule has 0 fully saturated rings. The van der Waals surface area contributed by atoms with Crippen LogP contribution in [0.15, 0.2) is 16.7 Å². The third-order valence-electron chi connectivity index (χ3n) is 2.73. The van der Waals surface area contributed by atoms with Crippen molar-refractivity contribution in [2.45, 2.75) is 18.8 Å². The molecular weight excluding hydrogens is 334 g/mol. The summed E-state index contributed by atoms with van der Waals surface area (Å²) in [6, 6.07) is 1.85. The maximum Gasteiger partial charge on any atom is 0.507 e. The molecule has 0 unspecified atom stereocenters. The first kappa shape index (κ1) is 14.9. The summed E-state index contributed by atoms with van der Waals surface area (Å²) in [5.74, 6) is -1.24. The molecule has 0 radical (unpaired) electrons. The van der Waals surface area contributed by atoms with E-state index >= 15 is 0 Å². The topological polar surface area (TPSA) is 83.4 Å². The Balaban J connectivity index is 2.07. The van der Waals surface area contributed by atoms with Crippen molar-refractivity contribution in [3.8, 4) is 22.9 Å². The van der Waals surface area contributed by atoms with E-state index in [1.54, 1.807) is 0 Å². The molecule has 1 aliphatic rings. The molecule has 6 nitrogen and oxygen atoms in total. The largest absolute Gasteiger partial charge is 0.507 e. The number of halogens is 5. The van der Waals surface area contributed by atoms with Crippen molar-refractivity contribution < 1.29 is 31.6 Å². The van der Waals surface area contributed by atoms with Crippen molar-refractivity contribution in [3.05, 3.63) is 23.0 Å². The fourth-order valence-corrected chi connectivity index (χ4v) is 1.95. The normalized spacial score (nSPS) is 18.3. The van der Waals surface area contributed by atoms with Crippen LogP contribution in [-0.2, 0) is 6.54 Å². The number of ether oxygens (including phenoxy) is 2. The average Bonchev–Trinajstić information content (AvgIpc) is 2.88. The molecular formula is C11H6ClF4N3O3. The van der Waals surface area contributed by atoms with Crippen molar-refractivity contribution in [1.29, 1.82) is 0 Å². The van der Waals surface area contributed by atoms with E-state index in [4.69, 9.17) is 21.9 Å². The lowest BCUT2D eigenvalue weighted by Gasteiger charge is -2.32. The van der Waals surface area contributed by atoms with Gasteiger partial charge in [-0.2, -0.15) is 22.5 Å². The van der Waals surface area contributed by atoms with Gasteiger partial charge in [0.2, 0.25) is 11.7 Å². The fraction of sp³-hybridized carbons (Fsp3) is 0.273. The van der Waals surface area contributed by atoms with Gasteiger partial charge in [-0.1, -0.05) is 16.8 Å². The predicted molar refractivity (Wildman–Crippen MR) is 63.8 cm³/mol. The van der Waals surface area contributed by atoms with Gasteiger partial charge in [0.25, 0.3) is 0 Å². The Kier molecular flexibility index (Phi) is 3.18. The van der Waals surface area contributed by atoms with E-state index in [9.17, 15) is 17.6 Å². The van der Waals surface area contributed by atoms with E-state index in [0.717, 1.165) is 12.1 Å². The van der Waals surface area contributed by atoms with Gasteiger partial charge in [0.15, 0.2) is 11.5 Å². The van der Waals surface area contributed by atoms with Crippen LogP contribution >= 0.6 is 11.6 Å². The highest BCUT2D eigenvalue weighted by atomic mass is 35.5. The van der Waals surface area contributed by atoms with E-state index < -0.39 is 23.7 Å². The molecule has 118 valence electrons.